The fraction of sp³-hybridized carbons (Fsp3) is 0.533. The number of carbonyl (C=O) groups excluding carboxylic acids is 1. The minimum absolute atomic E-state index is 0.177. The average molecular weight is 283 g/mol. The first-order valence-corrected chi connectivity index (χ1v) is 7.45. The highest BCUT2D eigenvalue weighted by atomic mass is 35.5. The Morgan fingerprint density at radius 1 is 1.06 bits per heavy atom. The normalized spacial score (nSPS) is 24.3. The molecule has 1 fully saturated rings. The third kappa shape index (κ3) is 1.98. The summed E-state index contributed by atoms with van der Waals surface area (Å²) >= 11 is 12.3. The molecule has 0 heterocycles. The first-order valence-electron chi connectivity index (χ1n) is 6.69. The summed E-state index contributed by atoms with van der Waals surface area (Å²) in [6, 6.07) is 3.75. The number of ketones is 1. The predicted molar refractivity (Wildman–Crippen MR) is 74.6 cm³/mol. The van der Waals surface area contributed by atoms with E-state index in [-0.39, 0.29) is 11.7 Å². The van der Waals surface area contributed by atoms with Crippen LogP contribution in [0.15, 0.2) is 12.1 Å². The van der Waals surface area contributed by atoms with Crippen molar-refractivity contribution in [2.24, 2.45) is 11.8 Å². The van der Waals surface area contributed by atoms with Crippen LogP contribution in [0.3, 0.4) is 0 Å². The van der Waals surface area contributed by atoms with Crippen molar-refractivity contribution in [3.63, 3.8) is 0 Å². The van der Waals surface area contributed by atoms with Gasteiger partial charge in [-0.1, -0.05) is 42.1 Å². The second kappa shape index (κ2) is 4.86. The van der Waals surface area contributed by atoms with Gasteiger partial charge in [-0.2, -0.15) is 0 Å². The lowest BCUT2D eigenvalue weighted by Gasteiger charge is -2.28. The molecule has 1 aromatic rings. The van der Waals surface area contributed by atoms with Crippen molar-refractivity contribution in [3.05, 3.63) is 33.3 Å². The molecule has 1 atom stereocenters. The van der Waals surface area contributed by atoms with E-state index in [1.165, 1.54) is 25.7 Å². The molecular weight excluding hydrogens is 267 g/mol. The molecule has 0 spiro atoms. The topological polar surface area (TPSA) is 17.1 Å². The van der Waals surface area contributed by atoms with E-state index in [9.17, 15) is 4.79 Å². The fourth-order valence-electron chi connectivity index (χ4n) is 3.50. The van der Waals surface area contributed by atoms with Gasteiger partial charge in [0.2, 0.25) is 0 Å². The van der Waals surface area contributed by atoms with E-state index in [2.05, 4.69) is 0 Å². The highest BCUT2D eigenvalue weighted by Gasteiger charge is 2.36. The van der Waals surface area contributed by atoms with Crippen LogP contribution < -0.4 is 0 Å². The van der Waals surface area contributed by atoms with Gasteiger partial charge in [0.1, 0.15) is 0 Å². The average Bonchev–Trinajstić information content (AvgIpc) is 2.87. The number of halogens is 2. The van der Waals surface area contributed by atoms with E-state index < -0.39 is 0 Å². The Kier molecular flexibility index (Phi) is 3.38. The number of benzene rings is 1. The molecule has 0 aliphatic heterocycles. The van der Waals surface area contributed by atoms with Crippen molar-refractivity contribution < 1.29 is 4.79 Å². The maximum absolute atomic E-state index is 12.6. The molecule has 1 nitrogen and oxygen atoms in total. The molecule has 18 heavy (non-hydrogen) atoms. The molecule has 0 N–H and O–H groups in total. The number of carbonyl (C=O) groups is 1. The van der Waals surface area contributed by atoms with Gasteiger partial charge in [-0.05, 0) is 43.2 Å². The first-order chi connectivity index (χ1) is 8.68. The highest BCUT2D eigenvalue weighted by Crippen LogP contribution is 2.41. The van der Waals surface area contributed by atoms with E-state index >= 15 is 0 Å². The second-order valence-corrected chi connectivity index (χ2v) is 6.23. The molecule has 0 saturated heterocycles. The van der Waals surface area contributed by atoms with Crippen LogP contribution in [0.4, 0.5) is 0 Å². The van der Waals surface area contributed by atoms with E-state index in [1.54, 1.807) is 6.07 Å². The van der Waals surface area contributed by atoms with E-state index in [4.69, 9.17) is 23.2 Å². The Labute approximate surface area is 117 Å². The van der Waals surface area contributed by atoms with Crippen LogP contribution in [-0.4, -0.2) is 5.78 Å². The predicted octanol–water partition coefficient (Wildman–Crippen LogP) is 4.93. The van der Waals surface area contributed by atoms with Crippen molar-refractivity contribution >= 4 is 29.0 Å². The molecule has 1 saturated carbocycles. The quantitative estimate of drug-likeness (QED) is 0.714. The van der Waals surface area contributed by atoms with Crippen LogP contribution in [0.5, 0.6) is 0 Å². The number of hydrogen-bond acceptors (Lipinski definition) is 1. The van der Waals surface area contributed by atoms with Crippen LogP contribution in [0, 0.1) is 11.8 Å². The fourth-order valence-corrected chi connectivity index (χ4v) is 3.94. The van der Waals surface area contributed by atoms with Crippen LogP contribution in [0.1, 0.15) is 48.0 Å². The molecule has 0 radical (unpaired) electrons. The highest BCUT2D eigenvalue weighted by molar-refractivity contribution is 6.44. The standard InChI is InChI=1S/C15H16Cl2O/c16-12-8-6-10-5-7-11(9-3-1-2-4-9)15(18)13(10)14(12)17/h6,8-9,11H,1-5,7H2. The van der Waals surface area contributed by atoms with Gasteiger partial charge in [-0.3, -0.25) is 4.79 Å². The maximum atomic E-state index is 12.6. The van der Waals surface area contributed by atoms with Crippen LogP contribution in [0.2, 0.25) is 10.0 Å². The molecule has 96 valence electrons. The van der Waals surface area contributed by atoms with Crippen molar-refractivity contribution in [2.75, 3.05) is 0 Å². The molecule has 0 amide bonds. The van der Waals surface area contributed by atoms with Crippen molar-refractivity contribution in [1.82, 2.24) is 0 Å². The summed E-state index contributed by atoms with van der Waals surface area (Å²) in [5.74, 6) is 0.979. The minimum atomic E-state index is 0.177. The molecule has 1 unspecified atom stereocenters. The summed E-state index contributed by atoms with van der Waals surface area (Å²) in [7, 11) is 0. The van der Waals surface area contributed by atoms with E-state index in [0.29, 0.717) is 21.5 Å². The number of fused-ring (bicyclic) bond motifs is 1. The lowest BCUT2D eigenvalue weighted by atomic mass is 9.75. The van der Waals surface area contributed by atoms with Crippen molar-refractivity contribution in [1.29, 1.82) is 0 Å². The zero-order chi connectivity index (χ0) is 12.7. The first kappa shape index (κ1) is 12.5. The summed E-state index contributed by atoms with van der Waals surface area (Å²) in [5.41, 5.74) is 1.77. The van der Waals surface area contributed by atoms with Gasteiger partial charge in [0.25, 0.3) is 0 Å². The number of aryl methyl sites for hydroxylation is 1. The largest absolute Gasteiger partial charge is 0.294 e. The lowest BCUT2D eigenvalue weighted by Crippen LogP contribution is -2.28. The smallest absolute Gasteiger partial charge is 0.168 e. The third-order valence-corrected chi connectivity index (χ3v) is 5.26. The van der Waals surface area contributed by atoms with Gasteiger partial charge in [0.15, 0.2) is 5.78 Å². The molecule has 3 heteroatoms. The molecule has 0 aromatic heterocycles. The van der Waals surface area contributed by atoms with Gasteiger partial charge < -0.3 is 0 Å². The van der Waals surface area contributed by atoms with Gasteiger partial charge >= 0.3 is 0 Å². The van der Waals surface area contributed by atoms with Crippen molar-refractivity contribution in [3.8, 4) is 0 Å². The number of rotatable bonds is 1. The Hall–Kier alpha value is -0.530. The van der Waals surface area contributed by atoms with E-state index in [0.717, 1.165) is 18.4 Å². The third-order valence-electron chi connectivity index (χ3n) is 4.46. The number of Topliss-reactive ketones (excluding diaryl/α,β-unsaturated/α-hetero) is 1. The lowest BCUT2D eigenvalue weighted by molar-refractivity contribution is 0.0850. The Bertz CT molecular complexity index is 490. The summed E-state index contributed by atoms with van der Waals surface area (Å²) in [6.45, 7) is 0. The summed E-state index contributed by atoms with van der Waals surface area (Å²) in [5, 5.41) is 0.956. The summed E-state index contributed by atoms with van der Waals surface area (Å²) in [4.78, 5) is 12.6. The maximum Gasteiger partial charge on any atom is 0.168 e. The summed E-state index contributed by atoms with van der Waals surface area (Å²) in [6.07, 6.45) is 6.87. The minimum Gasteiger partial charge on any atom is -0.294 e. The zero-order valence-electron chi connectivity index (χ0n) is 10.2. The van der Waals surface area contributed by atoms with Gasteiger partial charge in [-0.25, -0.2) is 0 Å². The molecule has 1 aromatic carbocycles. The summed E-state index contributed by atoms with van der Waals surface area (Å²) < 4.78 is 0. The van der Waals surface area contributed by atoms with Crippen molar-refractivity contribution in [2.45, 2.75) is 38.5 Å². The van der Waals surface area contributed by atoms with Gasteiger partial charge in [-0.15, -0.1) is 0 Å². The van der Waals surface area contributed by atoms with Crippen LogP contribution in [0.25, 0.3) is 0 Å². The Balaban J connectivity index is 1.97. The SMILES string of the molecule is O=C1c2c(ccc(Cl)c2Cl)CCC1C1CCCC1. The molecule has 2 aliphatic carbocycles. The monoisotopic (exact) mass is 282 g/mol. The zero-order valence-corrected chi connectivity index (χ0v) is 11.7. The van der Waals surface area contributed by atoms with Gasteiger partial charge in [0, 0.05) is 11.5 Å². The van der Waals surface area contributed by atoms with Crippen LogP contribution >= 0.6 is 23.2 Å². The number of hydrogen-bond donors (Lipinski definition) is 0. The molecule has 3 rings (SSSR count). The Morgan fingerprint density at radius 3 is 2.50 bits per heavy atom. The van der Waals surface area contributed by atoms with E-state index in [1.807, 2.05) is 6.07 Å². The Morgan fingerprint density at radius 2 is 1.78 bits per heavy atom. The molecule has 0 bridgehead atoms. The van der Waals surface area contributed by atoms with Crippen LogP contribution in [-0.2, 0) is 6.42 Å². The molecular formula is C15H16Cl2O. The van der Waals surface area contributed by atoms with Gasteiger partial charge in [0.05, 0.1) is 10.0 Å². The second-order valence-electron chi connectivity index (χ2n) is 5.45. The molecule has 2 aliphatic rings.